The Morgan fingerprint density at radius 1 is 1.06 bits per heavy atom. The molecule has 1 fully saturated rings. The molecule has 0 bridgehead atoms. The number of thiophene rings is 1. The first-order valence-corrected chi connectivity index (χ1v) is 12.6. The van der Waals surface area contributed by atoms with Crippen molar-refractivity contribution in [1.29, 1.82) is 0 Å². The Morgan fingerprint density at radius 2 is 1.71 bits per heavy atom. The maximum atomic E-state index is 13.3. The van der Waals surface area contributed by atoms with E-state index in [1.54, 1.807) is 16.2 Å². The molecule has 1 atom stereocenters. The second-order valence-corrected chi connectivity index (χ2v) is 10.4. The molecule has 2 aliphatic rings. The highest BCUT2D eigenvalue weighted by molar-refractivity contribution is 7.15. The molecule has 182 valence electrons. The van der Waals surface area contributed by atoms with Crippen molar-refractivity contribution in [2.75, 3.05) is 26.2 Å². The van der Waals surface area contributed by atoms with Crippen LogP contribution in [0.4, 0.5) is 4.79 Å². The van der Waals surface area contributed by atoms with Gasteiger partial charge in [-0.25, -0.2) is 4.79 Å². The molecule has 3 aromatic rings. The Hall–Kier alpha value is -3.24. The molecular formula is C24H25ClN6O3S. The number of aliphatic imine (C=N–C) groups is 1. The summed E-state index contributed by atoms with van der Waals surface area (Å²) in [5.41, 5.74) is 3.87. The summed E-state index contributed by atoms with van der Waals surface area (Å²) in [6.07, 6.45) is -0.839. The lowest BCUT2D eigenvalue weighted by molar-refractivity contribution is -0.133. The molecule has 1 saturated heterocycles. The smallest absolute Gasteiger partial charge is 0.407 e. The van der Waals surface area contributed by atoms with E-state index >= 15 is 0 Å². The maximum Gasteiger partial charge on any atom is 0.407 e. The standard InChI is InChI=1S/C24H25ClN6O3S/c1-13-14(2)35-23-20(13)21(16-4-6-17(25)7-5-16)26-18(22-28-27-15(3)31(22)23)12-19(32)29-8-10-30(11-9-29)24(33)34/h4-7,18H,8-12H2,1-3H3,(H,33,34). The molecule has 0 radical (unpaired) electrons. The maximum absolute atomic E-state index is 13.3. The quantitative estimate of drug-likeness (QED) is 0.571. The van der Waals surface area contributed by atoms with Crippen LogP contribution in [-0.4, -0.2) is 73.6 Å². The number of amides is 2. The van der Waals surface area contributed by atoms with Crippen molar-refractivity contribution in [2.45, 2.75) is 33.2 Å². The fraction of sp³-hybridized carbons (Fsp3) is 0.375. The minimum atomic E-state index is -0.960. The first kappa shape index (κ1) is 23.5. The van der Waals surface area contributed by atoms with Gasteiger partial charge in [0.2, 0.25) is 5.91 Å². The van der Waals surface area contributed by atoms with Gasteiger partial charge in [0.05, 0.1) is 12.1 Å². The van der Waals surface area contributed by atoms with E-state index in [4.69, 9.17) is 16.6 Å². The lowest BCUT2D eigenvalue weighted by atomic mass is 9.99. The van der Waals surface area contributed by atoms with Gasteiger partial charge in [0.15, 0.2) is 5.82 Å². The van der Waals surface area contributed by atoms with Gasteiger partial charge in [-0.15, -0.1) is 21.5 Å². The van der Waals surface area contributed by atoms with Gasteiger partial charge in [-0.3, -0.25) is 14.4 Å². The largest absolute Gasteiger partial charge is 0.465 e. The van der Waals surface area contributed by atoms with Gasteiger partial charge < -0.3 is 14.9 Å². The Balaban J connectivity index is 1.56. The molecule has 35 heavy (non-hydrogen) atoms. The lowest BCUT2D eigenvalue weighted by Gasteiger charge is -2.33. The van der Waals surface area contributed by atoms with Crippen LogP contribution in [0.3, 0.4) is 0 Å². The number of carbonyl (C=O) groups excluding carboxylic acids is 1. The van der Waals surface area contributed by atoms with Crippen LogP contribution in [0, 0.1) is 20.8 Å². The number of aryl methyl sites for hydroxylation is 2. The second kappa shape index (κ2) is 9.09. The molecule has 0 spiro atoms. The fourth-order valence-electron chi connectivity index (χ4n) is 4.57. The first-order valence-electron chi connectivity index (χ1n) is 11.4. The average Bonchev–Trinajstić information content (AvgIpc) is 3.31. The van der Waals surface area contributed by atoms with Crippen LogP contribution in [0.2, 0.25) is 5.02 Å². The minimum Gasteiger partial charge on any atom is -0.465 e. The zero-order valence-corrected chi connectivity index (χ0v) is 21.2. The highest BCUT2D eigenvalue weighted by Gasteiger charge is 2.34. The van der Waals surface area contributed by atoms with Crippen molar-refractivity contribution in [2.24, 2.45) is 4.99 Å². The molecule has 2 aliphatic heterocycles. The van der Waals surface area contributed by atoms with E-state index in [-0.39, 0.29) is 12.3 Å². The zero-order chi connectivity index (χ0) is 24.9. The summed E-state index contributed by atoms with van der Waals surface area (Å²) in [6.45, 7) is 7.41. The van der Waals surface area contributed by atoms with Gasteiger partial charge in [-0.1, -0.05) is 23.7 Å². The van der Waals surface area contributed by atoms with Crippen molar-refractivity contribution >= 4 is 40.6 Å². The van der Waals surface area contributed by atoms with Crippen molar-refractivity contribution in [1.82, 2.24) is 24.6 Å². The molecule has 2 aromatic heterocycles. The lowest BCUT2D eigenvalue weighted by Crippen LogP contribution is -2.50. The molecule has 5 rings (SSSR count). The number of piperazine rings is 1. The monoisotopic (exact) mass is 512 g/mol. The molecule has 9 nitrogen and oxygen atoms in total. The average molecular weight is 513 g/mol. The number of nitrogens with zero attached hydrogens (tertiary/aromatic N) is 6. The normalized spacial score (nSPS) is 17.5. The van der Waals surface area contributed by atoms with Gasteiger partial charge >= 0.3 is 6.09 Å². The first-order chi connectivity index (χ1) is 16.7. The van der Waals surface area contributed by atoms with Crippen LogP contribution in [-0.2, 0) is 4.79 Å². The number of rotatable bonds is 3. The highest BCUT2D eigenvalue weighted by atomic mass is 35.5. The van der Waals surface area contributed by atoms with Crippen LogP contribution in [0.15, 0.2) is 29.3 Å². The van der Waals surface area contributed by atoms with Gasteiger partial charge in [-0.05, 0) is 38.5 Å². The zero-order valence-electron chi connectivity index (χ0n) is 19.7. The van der Waals surface area contributed by atoms with E-state index in [0.717, 1.165) is 33.2 Å². The molecule has 4 heterocycles. The Morgan fingerprint density at radius 3 is 2.37 bits per heavy atom. The third-order valence-electron chi connectivity index (χ3n) is 6.63. The van der Waals surface area contributed by atoms with Crippen LogP contribution in [0.25, 0.3) is 5.00 Å². The highest BCUT2D eigenvalue weighted by Crippen LogP contribution is 2.39. The third kappa shape index (κ3) is 4.21. The summed E-state index contributed by atoms with van der Waals surface area (Å²) >= 11 is 7.82. The molecule has 1 N–H and O–H groups in total. The summed E-state index contributed by atoms with van der Waals surface area (Å²) in [5, 5.41) is 19.6. The van der Waals surface area contributed by atoms with Crippen molar-refractivity contribution in [3.05, 3.63) is 62.5 Å². The predicted molar refractivity (Wildman–Crippen MR) is 134 cm³/mol. The molecule has 11 heteroatoms. The summed E-state index contributed by atoms with van der Waals surface area (Å²) in [6, 6.07) is 7.03. The molecule has 1 unspecified atom stereocenters. The van der Waals surface area contributed by atoms with Crippen LogP contribution < -0.4 is 0 Å². The summed E-state index contributed by atoms with van der Waals surface area (Å²) in [5.74, 6) is 1.29. The van der Waals surface area contributed by atoms with Crippen LogP contribution in [0.5, 0.6) is 0 Å². The van der Waals surface area contributed by atoms with Gasteiger partial charge in [-0.2, -0.15) is 0 Å². The van der Waals surface area contributed by atoms with E-state index in [1.807, 2.05) is 35.8 Å². The van der Waals surface area contributed by atoms with Crippen molar-refractivity contribution < 1.29 is 14.7 Å². The summed E-state index contributed by atoms with van der Waals surface area (Å²) in [4.78, 5) is 33.9. The minimum absolute atomic E-state index is 0.0791. The number of aromatic nitrogens is 3. The van der Waals surface area contributed by atoms with E-state index in [2.05, 4.69) is 24.0 Å². The van der Waals surface area contributed by atoms with Gasteiger partial charge in [0.1, 0.15) is 16.9 Å². The van der Waals surface area contributed by atoms with Crippen LogP contribution >= 0.6 is 22.9 Å². The number of halogens is 1. The SMILES string of the molecule is Cc1sc2c(c1C)C(c1ccc(Cl)cc1)=NC(CC(=O)N1CCN(C(=O)O)CC1)c1nnc(C)n1-2. The number of benzene rings is 1. The third-order valence-corrected chi connectivity index (χ3v) is 8.07. The number of hydrogen-bond acceptors (Lipinski definition) is 6. The number of hydrogen-bond donors (Lipinski definition) is 1. The molecule has 0 saturated carbocycles. The molecule has 2 amide bonds. The Kier molecular flexibility index (Phi) is 6.10. The fourth-order valence-corrected chi connectivity index (χ4v) is 5.91. The van der Waals surface area contributed by atoms with Gasteiger partial charge in [0.25, 0.3) is 0 Å². The number of fused-ring (bicyclic) bond motifs is 3. The van der Waals surface area contributed by atoms with Crippen LogP contribution in [0.1, 0.15) is 45.7 Å². The topological polar surface area (TPSA) is 104 Å². The van der Waals surface area contributed by atoms with Crippen molar-refractivity contribution in [3.8, 4) is 5.00 Å². The molecule has 0 aliphatic carbocycles. The summed E-state index contributed by atoms with van der Waals surface area (Å²) < 4.78 is 2.02. The van der Waals surface area contributed by atoms with E-state index in [1.165, 1.54) is 9.78 Å². The number of carbonyl (C=O) groups is 2. The Labute approximate surface area is 211 Å². The molecular weight excluding hydrogens is 488 g/mol. The van der Waals surface area contributed by atoms with E-state index in [9.17, 15) is 14.7 Å². The summed E-state index contributed by atoms with van der Waals surface area (Å²) in [7, 11) is 0. The number of carboxylic acid groups (broad SMARTS) is 1. The van der Waals surface area contributed by atoms with E-state index < -0.39 is 12.1 Å². The van der Waals surface area contributed by atoms with Gasteiger partial charge in [0, 0.05) is 47.2 Å². The Bertz CT molecular complexity index is 1340. The second-order valence-electron chi connectivity index (χ2n) is 8.76. The van der Waals surface area contributed by atoms with E-state index in [0.29, 0.717) is 37.0 Å². The molecule has 1 aromatic carbocycles. The van der Waals surface area contributed by atoms with Crippen molar-refractivity contribution in [3.63, 3.8) is 0 Å². The predicted octanol–water partition coefficient (Wildman–Crippen LogP) is 4.01.